The second-order valence-corrected chi connectivity index (χ2v) is 5.47. The second kappa shape index (κ2) is 5.88. The van der Waals surface area contributed by atoms with Crippen molar-refractivity contribution in [2.75, 3.05) is 6.61 Å². The molecule has 0 atom stereocenters. The van der Waals surface area contributed by atoms with Crippen LogP contribution in [0.1, 0.15) is 12.6 Å². The molecule has 2 aromatic rings. The van der Waals surface area contributed by atoms with Crippen molar-refractivity contribution in [3.05, 3.63) is 28.6 Å². The molecule has 4 nitrogen and oxygen atoms in total. The average molecular weight is 281 g/mol. The lowest BCUT2D eigenvalue weighted by atomic mass is 10.3. The number of ether oxygens (including phenoxy) is 1. The first kappa shape index (κ1) is 12.9. The van der Waals surface area contributed by atoms with Crippen molar-refractivity contribution in [3.63, 3.8) is 0 Å². The van der Waals surface area contributed by atoms with E-state index in [-0.39, 0.29) is 18.8 Å². The van der Waals surface area contributed by atoms with Crippen LogP contribution in [0.5, 0.6) is 0 Å². The normalized spacial score (nSPS) is 10.3. The molecule has 18 heavy (non-hydrogen) atoms. The van der Waals surface area contributed by atoms with Crippen LogP contribution in [-0.4, -0.2) is 23.3 Å². The molecule has 0 bridgehead atoms. The third-order valence-corrected chi connectivity index (χ3v) is 3.98. The summed E-state index contributed by atoms with van der Waals surface area (Å²) in [6.07, 6.45) is 0.106. The number of ketones is 1. The van der Waals surface area contributed by atoms with Crippen LogP contribution in [0.4, 0.5) is 0 Å². The van der Waals surface area contributed by atoms with E-state index in [4.69, 9.17) is 4.74 Å². The molecule has 0 saturated carbocycles. The van der Waals surface area contributed by atoms with Gasteiger partial charge in [-0.05, 0) is 18.4 Å². The maximum Gasteiger partial charge on any atom is 0.312 e. The van der Waals surface area contributed by atoms with E-state index in [0.717, 1.165) is 9.88 Å². The molecular weight excluding hydrogens is 270 g/mol. The van der Waals surface area contributed by atoms with Gasteiger partial charge in [0.1, 0.15) is 11.6 Å². The van der Waals surface area contributed by atoms with Gasteiger partial charge in [-0.1, -0.05) is 6.07 Å². The highest BCUT2D eigenvalue weighted by Crippen LogP contribution is 2.27. The van der Waals surface area contributed by atoms with Crippen LogP contribution in [0.15, 0.2) is 22.9 Å². The Morgan fingerprint density at radius 2 is 2.22 bits per heavy atom. The van der Waals surface area contributed by atoms with E-state index in [0.29, 0.717) is 5.69 Å². The molecule has 0 spiro atoms. The van der Waals surface area contributed by atoms with Gasteiger partial charge in [0, 0.05) is 5.38 Å². The molecule has 0 aliphatic carbocycles. The molecule has 0 N–H and O–H groups in total. The smallest absolute Gasteiger partial charge is 0.312 e. The monoisotopic (exact) mass is 281 g/mol. The third kappa shape index (κ3) is 3.48. The number of esters is 1. The summed E-state index contributed by atoms with van der Waals surface area (Å²) in [5.41, 5.74) is 0.678. The van der Waals surface area contributed by atoms with Crippen LogP contribution in [0.25, 0.3) is 9.88 Å². The first-order valence-corrected chi connectivity index (χ1v) is 7.04. The molecule has 0 amide bonds. The van der Waals surface area contributed by atoms with Gasteiger partial charge in [-0.25, -0.2) is 4.98 Å². The van der Waals surface area contributed by atoms with Crippen LogP contribution in [0.3, 0.4) is 0 Å². The van der Waals surface area contributed by atoms with Gasteiger partial charge in [-0.2, -0.15) is 0 Å². The molecule has 2 rings (SSSR count). The second-order valence-electron chi connectivity index (χ2n) is 3.66. The van der Waals surface area contributed by atoms with Crippen molar-refractivity contribution in [1.82, 2.24) is 4.98 Å². The van der Waals surface area contributed by atoms with E-state index in [1.165, 1.54) is 18.3 Å². The average Bonchev–Trinajstić information content (AvgIpc) is 2.95. The van der Waals surface area contributed by atoms with Crippen LogP contribution >= 0.6 is 22.7 Å². The quantitative estimate of drug-likeness (QED) is 0.790. The van der Waals surface area contributed by atoms with E-state index in [1.807, 2.05) is 22.9 Å². The molecule has 2 heterocycles. The highest BCUT2D eigenvalue weighted by Gasteiger charge is 2.11. The highest BCUT2D eigenvalue weighted by molar-refractivity contribution is 7.20. The molecule has 0 fully saturated rings. The largest absolute Gasteiger partial charge is 0.457 e. The Kier molecular flexibility index (Phi) is 4.22. The number of aromatic nitrogens is 1. The van der Waals surface area contributed by atoms with Gasteiger partial charge in [-0.15, -0.1) is 22.7 Å². The first-order chi connectivity index (χ1) is 8.65. The maximum atomic E-state index is 11.4. The number of thiophene rings is 1. The fraction of sp³-hybridized carbons (Fsp3) is 0.250. The van der Waals surface area contributed by atoms with Gasteiger partial charge in [0.25, 0.3) is 0 Å². The lowest BCUT2D eigenvalue weighted by Crippen LogP contribution is -2.13. The lowest BCUT2D eigenvalue weighted by Gasteiger charge is -1.99. The molecule has 0 radical (unpaired) electrons. The minimum Gasteiger partial charge on any atom is -0.457 e. The number of hydrogen-bond acceptors (Lipinski definition) is 6. The number of rotatable bonds is 5. The summed E-state index contributed by atoms with van der Waals surface area (Å²) in [6.45, 7) is 1.21. The van der Waals surface area contributed by atoms with Crippen molar-refractivity contribution in [1.29, 1.82) is 0 Å². The van der Waals surface area contributed by atoms with Gasteiger partial charge in [0.15, 0.2) is 5.78 Å². The fourth-order valence-corrected chi connectivity index (χ4v) is 2.92. The Morgan fingerprint density at radius 3 is 2.89 bits per heavy atom. The summed E-state index contributed by atoms with van der Waals surface area (Å²) in [5.74, 6) is -0.589. The SMILES string of the molecule is CC(=O)COC(=O)Cc1csc(-c2cccs2)n1. The predicted molar refractivity (Wildman–Crippen MR) is 70.8 cm³/mol. The van der Waals surface area contributed by atoms with Gasteiger partial charge < -0.3 is 4.74 Å². The first-order valence-electron chi connectivity index (χ1n) is 5.28. The van der Waals surface area contributed by atoms with Crippen molar-refractivity contribution in [3.8, 4) is 9.88 Å². The number of Topliss-reactive ketones (excluding diaryl/α,β-unsaturated/α-hetero) is 1. The van der Waals surface area contributed by atoms with Crippen LogP contribution < -0.4 is 0 Å². The summed E-state index contributed by atoms with van der Waals surface area (Å²) in [5, 5.41) is 4.72. The fourth-order valence-electron chi connectivity index (χ4n) is 1.28. The van der Waals surface area contributed by atoms with Crippen LogP contribution in [0, 0.1) is 0 Å². The number of carbonyl (C=O) groups excluding carboxylic acids is 2. The summed E-state index contributed by atoms with van der Waals surface area (Å²) in [6, 6.07) is 3.95. The number of carbonyl (C=O) groups is 2. The minimum absolute atomic E-state index is 0.106. The molecule has 0 saturated heterocycles. The standard InChI is InChI=1S/C12H11NO3S2/c1-8(14)6-16-11(15)5-9-7-18-12(13-9)10-3-2-4-17-10/h2-4,7H,5-6H2,1H3. The predicted octanol–water partition coefficient (Wildman–Crippen LogP) is 2.55. The number of nitrogens with zero attached hydrogens (tertiary/aromatic N) is 1. The zero-order valence-electron chi connectivity index (χ0n) is 9.71. The van der Waals surface area contributed by atoms with Crippen molar-refractivity contribution < 1.29 is 14.3 Å². The van der Waals surface area contributed by atoms with Gasteiger partial charge in [0.2, 0.25) is 0 Å². The summed E-state index contributed by atoms with van der Waals surface area (Å²) < 4.78 is 4.79. The van der Waals surface area contributed by atoms with E-state index in [9.17, 15) is 9.59 Å². The Morgan fingerprint density at radius 1 is 1.39 bits per heavy atom. The molecular formula is C12H11NO3S2. The Balaban J connectivity index is 1.95. The van der Waals surface area contributed by atoms with Gasteiger partial charge in [-0.3, -0.25) is 9.59 Å². The van der Waals surface area contributed by atoms with E-state index in [2.05, 4.69) is 4.98 Å². The molecule has 94 valence electrons. The molecule has 0 aliphatic heterocycles. The zero-order chi connectivity index (χ0) is 13.0. The Bertz CT molecular complexity index is 545. The van der Waals surface area contributed by atoms with Crippen LogP contribution in [-0.2, 0) is 20.7 Å². The third-order valence-electron chi connectivity index (χ3n) is 2.05. The van der Waals surface area contributed by atoms with Gasteiger partial charge in [0.05, 0.1) is 17.0 Å². The molecule has 0 aromatic carbocycles. The summed E-state index contributed by atoms with van der Waals surface area (Å²) >= 11 is 3.11. The minimum atomic E-state index is -0.423. The number of thiazole rings is 1. The lowest BCUT2D eigenvalue weighted by molar-refractivity contribution is -0.146. The maximum absolute atomic E-state index is 11.4. The zero-order valence-corrected chi connectivity index (χ0v) is 11.3. The summed E-state index contributed by atoms with van der Waals surface area (Å²) in [4.78, 5) is 27.5. The van der Waals surface area contributed by atoms with E-state index in [1.54, 1.807) is 11.3 Å². The van der Waals surface area contributed by atoms with Crippen molar-refractivity contribution in [2.45, 2.75) is 13.3 Å². The number of hydrogen-bond donors (Lipinski definition) is 0. The molecule has 6 heteroatoms. The van der Waals surface area contributed by atoms with Gasteiger partial charge >= 0.3 is 5.97 Å². The van der Waals surface area contributed by atoms with Crippen molar-refractivity contribution >= 4 is 34.4 Å². The molecule has 0 aliphatic rings. The Hall–Kier alpha value is -1.53. The highest BCUT2D eigenvalue weighted by atomic mass is 32.1. The topological polar surface area (TPSA) is 56.3 Å². The van der Waals surface area contributed by atoms with E-state index >= 15 is 0 Å². The Labute approximate surface area is 112 Å². The van der Waals surface area contributed by atoms with Crippen LogP contribution in [0.2, 0.25) is 0 Å². The molecule has 2 aromatic heterocycles. The molecule has 0 unspecified atom stereocenters. The van der Waals surface area contributed by atoms with E-state index < -0.39 is 5.97 Å². The van der Waals surface area contributed by atoms with Crippen molar-refractivity contribution in [2.24, 2.45) is 0 Å². The summed E-state index contributed by atoms with van der Waals surface area (Å²) in [7, 11) is 0.